The molecule has 1 aliphatic rings. The van der Waals surface area contributed by atoms with Crippen LogP contribution in [0.15, 0.2) is 24.3 Å². The number of nitrogens with zero attached hydrogens (tertiary/aromatic N) is 2. The van der Waals surface area contributed by atoms with Gasteiger partial charge in [0, 0.05) is 31.7 Å². The molecule has 0 saturated carbocycles. The molecule has 0 N–H and O–H groups in total. The van der Waals surface area contributed by atoms with E-state index in [0.29, 0.717) is 0 Å². The van der Waals surface area contributed by atoms with Gasteiger partial charge in [0.05, 0.1) is 6.61 Å². The smallest absolute Gasteiger partial charge is 0.119 e. The Hall–Kier alpha value is -1.10. The Morgan fingerprint density at radius 3 is 2.24 bits per heavy atom. The zero-order valence-corrected chi connectivity index (χ0v) is 16.6. The SMILES string of the molecule is CCN(CC)CCCOc1ccc(C2(CN(C)C)CCOCC2)cc1. The zero-order valence-electron chi connectivity index (χ0n) is 16.6. The molecule has 0 aliphatic carbocycles. The highest BCUT2D eigenvalue weighted by Gasteiger charge is 2.34. The van der Waals surface area contributed by atoms with Crippen LogP contribution < -0.4 is 4.74 Å². The van der Waals surface area contributed by atoms with E-state index in [-0.39, 0.29) is 5.41 Å². The van der Waals surface area contributed by atoms with E-state index in [1.807, 2.05) is 0 Å². The van der Waals surface area contributed by atoms with Gasteiger partial charge in [-0.2, -0.15) is 0 Å². The number of rotatable bonds is 10. The Morgan fingerprint density at radius 2 is 1.68 bits per heavy atom. The highest BCUT2D eigenvalue weighted by Crippen LogP contribution is 2.36. The van der Waals surface area contributed by atoms with E-state index >= 15 is 0 Å². The molecule has 1 fully saturated rings. The van der Waals surface area contributed by atoms with Crippen LogP contribution in [0.5, 0.6) is 5.75 Å². The van der Waals surface area contributed by atoms with Crippen LogP contribution in [0, 0.1) is 0 Å². The number of benzene rings is 1. The van der Waals surface area contributed by atoms with Crippen molar-refractivity contribution in [2.75, 3.05) is 60.1 Å². The van der Waals surface area contributed by atoms with Crippen LogP contribution in [0.4, 0.5) is 0 Å². The fourth-order valence-corrected chi connectivity index (χ4v) is 3.83. The molecular formula is C21H36N2O2. The van der Waals surface area contributed by atoms with Gasteiger partial charge in [0.25, 0.3) is 0 Å². The quantitative estimate of drug-likeness (QED) is 0.605. The molecule has 0 unspecified atom stereocenters. The summed E-state index contributed by atoms with van der Waals surface area (Å²) in [6.07, 6.45) is 3.26. The maximum Gasteiger partial charge on any atom is 0.119 e. The minimum atomic E-state index is 0.211. The Labute approximate surface area is 154 Å². The summed E-state index contributed by atoms with van der Waals surface area (Å²) in [6.45, 7) is 11.3. The molecular weight excluding hydrogens is 312 g/mol. The summed E-state index contributed by atoms with van der Waals surface area (Å²) in [5.74, 6) is 0.982. The fourth-order valence-electron chi connectivity index (χ4n) is 3.83. The monoisotopic (exact) mass is 348 g/mol. The van der Waals surface area contributed by atoms with Crippen molar-refractivity contribution in [1.82, 2.24) is 9.80 Å². The Kier molecular flexibility index (Phi) is 8.20. The highest BCUT2D eigenvalue weighted by atomic mass is 16.5. The molecule has 0 aromatic heterocycles. The lowest BCUT2D eigenvalue weighted by Crippen LogP contribution is -2.42. The van der Waals surface area contributed by atoms with Crippen LogP contribution >= 0.6 is 0 Å². The summed E-state index contributed by atoms with van der Waals surface area (Å²) < 4.78 is 11.5. The molecule has 0 spiro atoms. The molecule has 0 amide bonds. The van der Waals surface area contributed by atoms with Crippen LogP contribution in [0.2, 0.25) is 0 Å². The molecule has 4 nitrogen and oxygen atoms in total. The predicted molar refractivity (Wildman–Crippen MR) is 105 cm³/mol. The molecule has 1 aromatic carbocycles. The second-order valence-corrected chi connectivity index (χ2v) is 7.38. The Bertz CT molecular complexity index is 477. The van der Waals surface area contributed by atoms with Crippen LogP contribution in [0.3, 0.4) is 0 Å². The minimum absolute atomic E-state index is 0.211. The van der Waals surface area contributed by atoms with Crippen molar-refractivity contribution in [2.45, 2.75) is 38.5 Å². The third kappa shape index (κ3) is 5.98. The van der Waals surface area contributed by atoms with Gasteiger partial charge in [-0.1, -0.05) is 26.0 Å². The summed E-state index contributed by atoms with van der Waals surface area (Å²) in [4.78, 5) is 4.73. The summed E-state index contributed by atoms with van der Waals surface area (Å²) in [7, 11) is 4.31. The van der Waals surface area contributed by atoms with Crippen molar-refractivity contribution >= 4 is 0 Å². The second-order valence-electron chi connectivity index (χ2n) is 7.38. The number of hydrogen-bond acceptors (Lipinski definition) is 4. The standard InChI is InChI=1S/C21H36N2O2/c1-5-23(6-2)14-7-15-25-20-10-8-19(9-11-20)21(18-22(3)4)12-16-24-17-13-21/h8-11H,5-7,12-18H2,1-4H3. The average molecular weight is 349 g/mol. The van der Waals surface area contributed by atoms with Crippen molar-refractivity contribution in [2.24, 2.45) is 0 Å². The number of hydrogen-bond donors (Lipinski definition) is 0. The van der Waals surface area contributed by atoms with E-state index in [1.165, 1.54) is 5.56 Å². The van der Waals surface area contributed by atoms with Gasteiger partial charge in [-0.25, -0.2) is 0 Å². The third-order valence-corrected chi connectivity index (χ3v) is 5.32. The summed E-state index contributed by atoms with van der Waals surface area (Å²) in [6, 6.07) is 8.79. The first-order valence-electron chi connectivity index (χ1n) is 9.78. The van der Waals surface area contributed by atoms with E-state index < -0.39 is 0 Å². The fraction of sp³-hybridized carbons (Fsp3) is 0.714. The lowest BCUT2D eigenvalue weighted by Gasteiger charge is -2.39. The van der Waals surface area contributed by atoms with Crippen molar-refractivity contribution in [3.8, 4) is 5.75 Å². The first-order chi connectivity index (χ1) is 12.1. The molecule has 1 saturated heterocycles. The summed E-state index contributed by atoms with van der Waals surface area (Å²) in [5.41, 5.74) is 1.63. The van der Waals surface area contributed by atoms with E-state index in [2.05, 4.69) is 62.0 Å². The predicted octanol–water partition coefficient (Wildman–Crippen LogP) is 3.41. The minimum Gasteiger partial charge on any atom is -0.494 e. The van der Waals surface area contributed by atoms with E-state index in [1.54, 1.807) is 0 Å². The third-order valence-electron chi connectivity index (χ3n) is 5.32. The lowest BCUT2D eigenvalue weighted by molar-refractivity contribution is 0.0401. The van der Waals surface area contributed by atoms with Gasteiger partial charge < -0.3 is 19.3 Å². The molecule has 1 heterocycles. The van der Waals surface area contributed by atoms with Gasteiger partial charge in [-0.15, -0.1) is 0 Å². The number of likely N-dealkylation sites (N-methyl/N-ethyl adjacent to an activating group) is 1. The van der Waals surface area contributed by atoms with Crippen LogP contribution in [0.25, 0.3) is 0 Å². The highest BCUT2D eigenvalue weighted by molar-refractivity contribution is 5.33. The molecule has 0 radical (unpaired) electrons. The first-order valence-corrected chi connectivity index (χ1v) is 9.78. The molecule has 1 aromatic rings. The molecule has 0 atom stereocenters. The molecule has 2 rings (SSSR count). The Morgan fingerprint density at radius 1 is 1.04 bits per heavy atom. The van der Waals surface area contributed by atoms with Gasteiger partial charge in [0.1, 0.15) is 5.75 Å². The van der Waals surface area contributed by atoms with Crippen LogP contribution in [-0.2, 0) is 10.2 Å². The maximum absolute atomic E-state index is 5.94. The van der Waals surface area contributed by atoms with E-state index in [9.17, 15) is 0 Å². The second kappa shape index (κ2) is 10.1. The lowest BCUT2D eigenvalue weighted by atomic mass is 9.74. The largest absolute Gasteiger partial charge is 0.494 e. The van der Waals surface area contributed by atoms with E-state index in [0.717, 1.165) is 71.0 Å². The summed E-state index contributed by atoms with van der Waals surface area (Å²) >= 11 is 0. The zero-order chi connectivity index (χ0) is 18.1. The molecule has 0 bridgehead atoms. The Balaban J connectivity index is 1.91. The molecule has 25 heavy (non-hydrogen) atoms. The van der Waals surface area contributed by atoms with E-state index in [4.69, 9.17) is 9.47 Å². The van der Waals surface area contributed by atoms with Crippen molar-refractivity contribution in [1.29, 1.82) is 0 Å². The summed E-state index contributed by atoms with van der Waals surface area (Å²) in [5, 5.41) is 0. The van der Waals surface area contributed by atoms with Crippen LogP contribution in [-0.4, -0.2) is 69.9 Å². The van der Waals surface area contributed by atoms with Gasteiger partial charge in [0.2, 0.25) is 0 Å². The normalized spacial score (nSPS) is 17.2. The molecule has 1 aliphatic heterocycles. The topological polar surface area (TPSA) is 24.9 Å². The molecule has 142 valence electrons. The van der Waals surface area contributed by atoms with Gasteiger partial charge >= 0.3 is 0 Å². The first kappa shape index (κ1) is 20.2. The average Bonchev–Trinajstić information content (AvgIpc) is 2.62. The number of ether oxygens (including phenoxy) is 2. The van der Waals surface area contributed by atoms with Crippen molar-refractivity contribution < 1.29 is 9.47 Å². The van der Waals surface area contributed by atoms with Gasteiger partial charge in [-0.3, -0.25) is 0 Å². The van der Waals surface area contributed by atoms with Crippen molar-refractivity contribution in [3.05, 3.63) is 29.8 Å². The van der Waals surface area contributed by atoms with Gasteiger partial charge in [0.15, 0.2) is 0 Å². The maximum atomic E-state index is 5.94. The van der Waals surface area contributed by atoms with Crippen LogP contribution in [0.1, 0.15) is 38.7 Å². The molecule has 4 heteroatoms. The van der Waals surface area contributed by atoms with Gasteiger partial charge in [-0.05, 0) is 64.1 Å². The van der Waals surface area contributed by atoms with Crippen molar-refractivity contribution in [3.63, 3.8) is 0 Å².